The topological polar surface area (TPSA) is 95.9 Å². The highest BCUT2D eigenvalue weighted by molar-refractivity contribution is 5.76. The van der Waals surface area contributed by atoms with E-state index >= 15 is 0 Å². The third-order valence-corrected chi connectivity index (χ3v) is 16.2. The van der Waals surface area contributed by atoms with E-state index < -0.39 is 12.1 Å². The smallest absolute Gasteiger partial charge is 0.305 e. The summed E-state index contributed by atoms with van der Waals surface area (Å²) >= 11 is 0. The van der Waals surface area contributed by atoms with Crippen LogP contribution in [0.3, 0.4) is 0 Å². The number of aliphatic hydroxyl groups is 2. The average molecular weight is 1070 g/mol. The van der Waals surface area contributed by atoms with Crippen molar-refractivity contribution in [2.24, 2.45) is 0 Å². The molecule has 0 heterocycles. The van der Waals surface area contributed by atoms with Gasteiger partial charge in [-0.25, -0.2) is 0 Å². The van der Waals surface area contributed by atoms with Crippen LogP contribution < -0.4 is 5.32 Å². The fourth-order valence-corrected chi connectivity index (χ4v) is 10.9. The molecule has 0 fully saturated rings. The Balaban J connectivity index is 3.41. The number of aliphatic hydroxyl groups excluding tert-OH is 2. The van der Waals surface area contributed by atoms with Gasteiger partial charge in [0.15, 0.2) is 0 Å². The van der Waals surface area contributed by atoms with Crippen LogP contribution in [0.2, 0.25) is 0 Å². The molecule has 0 saturated heterocycles. The lowest BCUT2D eigenvalue weighted by Gasteiger charge is -2.22. The van der Waals surface area contributed by atoms with Crippen LogP contribution in [-0.4, -0.2) is 47.4 Å². The quantitative estimate of drug-likeness (QED) is 0.0320. The maximum Gasteiger partial charge on any atom is 0.305 e. The Morgan fingerprint density at radius 3 is 0.934 bits per heavy atom. The predicted molar refractivity (Wildman–Crippen MR) is 333 cm³/mol. The van der Waals surface area contributed by atoms with Crippen molar-refractivity contribution in [3.05, 3.63) is 24.3 Å². The molecule has 6 nitrogen and oxygen atoms in total. The van der Waals surface area contributed by atoms with Gasteiger partial charge in [-0.15, -0.1) is 0 Å². The van der Waals surface area contributed by atoms with Gasteiger partial charge in [-0.1, -0.05) is 321 Å². The van der Waals surface area contributed by atoms with Crippen molar-refractivity contribution in [3.63, 3.8) is 0 Å². The Labute approximate surface area is 475 Å². The first-order chi connectivity index (χ1) is 37.5. The third kappa shape index (κ3) is 61.6. The number of carbonyl (C=O) groups is 2. The van der Waals surface area contributed by atoms with Gasteiger partial charge in [0.2, 0.25) is 5.91 Å². The van der Waals surface area contributed by atoms with Crippen LogP contribution in [0, 0.1) is 0 Å². The molecule has 0 rings (SSSR count). The zero-order valence-corrected chi connectivity index (χ0v) is 51.5. The van der Waals surface area contributed by atoms with Crippen molar-refractivity contribution in [3.8, 4) is 0 Å². The second-order valence-corrected chi connectivity index (χ2v) is 23.9. The first-order valence-electron chi connectivity index (χ1n) is 34.6. The second-order valence-electron chi connectivity index (χ2n) is 23.9. The van der Waals surface area contributed by atoms with Gasteiger partial charge in [0.1, 0.15) is 0 Å². The van der Waals surface area contributed by atoms with Crippen LogP contribution in [-0.2, 0) is 14.3 Å². The normalized spacial score (nSPS) is 12.6. The SMILES string of the molecule is CCCCCCCC/C=C\CCCCCCCCCCCC(=O)OCCCCCCCCCCC/C=C\CCCCCCCCCC(=O)NC(CO)C(O)CCCCCCCCCCCCCCCCCCCCCC. The summed E-state index contributed by atoms with van der Waals surface area (Å²) in [6.07, 6.45) is 82.1. The zero-order chi connectivity index (χ0) is 55.0. The minimum atomic E-state index is -0.671. The minimum Gasteiger partial charge on any atom is -0.466 e. The van der Waals surface area contributed by atoms with Gasteiger partial charge in [-0.05, 0) is 77.0 Å². The van der Waals surface area contributed by atoms with Gasteiger partial charge < -0.3 is 20.3 Å². The van der Waals surface area contributed by atoms with E-state index in [0.29, 0.717) is 25.9 Å². The Bertz CT molecular complexity index is 1190. The van der Waals surface area contributed by atoms with E-state index in [-0.39, 0.29) is 18.5 Å². The summed E-state index contributed by atoms with van der Waals surface area (Å²) in [4.78, 5) is 24.6. The lowest BCUT2D eigenvalue weighted by Crippen LogP contribution is -2.45. The predicted octanol–water partition coefficient (Wildman–Crippen LogP) is 22.1. The number of amides is 1. The number of nitrogens with one attached hydrogen (secondary N) is 1. The number of rotatable bonds is 65. The molecule has 0 aliphatic heterocycles. The molecule has 0 aromatic heterocycles. The third-order valence-electron chi connectivity index (χ3n) is 16.2. The van der Waals surface area contributed by atoms with Crippen molar-refractivity contribution in [2.75, 3.05) is 13.2 Å². The molecule has 6 heteroatoms. The first-order valence-corrected chi connectivity index (χ1v) is 34.6. The summed E-state index contributed by atoms with van der Waals surface area (Å²) in [5, 5.41) is 23.4. The number of carbonyl (C=O) groups excluding carboxylic acids is 2. The van der Waals surface area contributed by atoms with E-state index in [9.17, 15) is 19.8 Å². The van der Waals surface area contributed by atoms with Crippen molar-refractivity contribution >= 4 is 11.9 Å². The molecule has 0 saturated carbocycles. The van der Waals surface area contributed by atoms with Gasteiger partial charge in [-0.2, -0.15) is 0 Å². The standard InChI is InChI=1S/C70H135NO5/c1-3-5-7-9-11-13-15-17-19-21-23-27-30-34-38-42-46-50-54-58-62-68(73)67(66-72)71-69(74)63-59-55-51-47-43-39-35-31-28-24-25-29-33-37-41-45-49-53-57-61-65-76-70(75)64-60-56-52-48-44-40-36-32-26-22-20-18-16-14-12-10-8-6-4-2/h18,20,24,28,67-68,72-73H,3-17,19,21-23,25-27,29-66H2,1-2H3,(H,71,74)/b20-18-,28-24-. The Morgan fingerprint density at radius 1 is 0.355 bits per heavy atom. The summed E-state index contributed by atoms with van der Waals surface area (Å²) in [5.74, 6) is -0.0330. The molecule has 2 unspecified atom stereocenters. The summed E-state index contributed by atoms with van der Waals surface area (Å²) in [6, 6.07) is -0.549. The monoisotopic (exact) mass is 1070 g/mol. The average Bonchev–Trinajstić information content (AvgIpc) is 3.42. The van der Waals surface area contributed by atoms with Gasteiger partial charge in [0, 0.05) is 12.8 Å². The van der Waals surface area contributed by atoms with Crippen molar-refractivity contribution < 1.29 is 24.5 Å². The summed E-state index contributed by atoms with van der Waals surface area (Å²) in [5.41, 5.74) is 0. The van der Waals surface area contributed by atoms with Gasteiger partial charge in [-0.3, -0.25) is 9.59 Å². The van der Waals surface area contributed by atoms with Crippen LogP contribution in [0.25, 0.3) is 0 Å². The number of allylic oxidation sites excluding steroid dienone is 4. The number of ether oxygens (including phenoxy) is 1. The summed E-state index contributed by atoms with van der Waals surface area (Å²) in [7, 11) is 0. The Hall–Kier alpha value is -1.66. The van der Waals surface area contributed by atoms with Crippen LogP contribution in [0.5, 0.6) is 0 Å². The zero-order valence-electron chi connectivity index (χ0n) is 51.5. The fraction of sp³-hybridized carbons (Fsp3) is 0.914. The molecule has 2 atom stereocenters. The molecule has 0 aliphatic carbocycles. The van der Waals surface area contributed by atoms with E-state index in [1.807, 2.05) is 0 Å². The number of unbranched alkanes of at least 4 members (excludes halogenated alkanes) is 50. The van der Waals surface area contributed by atoms with E-state index in [0.717, 1.165) is 44.9 Å². The second kappa shape index (κ2) is 65.9. The van der Waals surface area contributed by atoms with Crippen LogP contribution in [0.1, 0.15) is 386 Å². The lowest BCUT2D eigenvalue weighted by molar-refractivity contribution is -0.143. The highest BCUT2D eigenvalue weighted by atomic mass is 16.5. The molecule has 1 amide bonds. The van der Waals surface area contributed by atoms with Crippen molar-refractivity contribution in [1.82, 2.24) is 5.32 Å². The number of hydrogen-bond donors (Lipinski definition) is 3. The van der Waals surface area contributed by atoms with E-state index in [2.05, 4.69) is 43.5 Å². The molecule has 0 bridgehead atoms. The first kappa shape index (κ1) is 74.3. The molecule has 0 aromatic rings. The lowest BCUT2D eigenvalue weighted by atomic mass is 10.0. The molecule has 0 aromatic carbocycles. The largest absolute Gasteiger partial charge is 0.466 e. The van der Waals surface area contributed by atoms with E-state index in [1.165, 1.54) is 308 Å². The summed E-state index contributed by atoms with van der Waals surface area (Å²) < 4.78 is 5.50. The highest BCUT2D eigenvalue weighted by Gasteiger charge is 2.20. The van der Waals surface area contributed by atoms with Gasteiger partial charge in [0.25, 0.3) is 0 Å². The maximum absolute atomic E-state index is 12.5. The molecule has 76 heavy (non-hydrogen) atoms. The molecule has 0 spiro atoms. The highest BCUT2D eigenvalue weighted by Crippen LogP contribution is 2.18. The molecular formula is C70H135NO5. The van der Waals surface area contributed by atoms with Crippen LogP contribution in [0.4, 0.5) is 0 Å². The number of esters is 1. The van der Waals surface area contributed by atoms with Gasteiger partial charge in [0.05, 0.1) is 25.4 Å². The molecular weight excluding hydrogens is 935 g/mol. The molecule has 450 valence electrons. The Kier molecular flexibility index (Phi) is 64.4. The molecule has 0 aliphatic rings. The minimum absolute atomic E-state index is 0.00680. The fourth-order valence-electron chi connectivity index (χ4n) is 10.9. The summed E-state index contributed by atoms with van der Waals surface area (Å²) in [6.45, 7) is 4.97. The van der Waals surface area contributed by atoms with Crippen molar-refractivity contribution in [1.29, 1.82) is 0 Å². The maximum atomic E-state index is 12.5. The van der Waals surface area contributed by atoms with Crippen molar-refractivity contribution in [2.45, 2.75) is 398 Å². The molecule has 3 N–H and O–H groups in total. The van der Waals surface area contributed by atoms with Crippen LogP contribution >= 0.6 is 0 Å². The van der Waals surface area contributed by atoms with Crippen LogP contribution in [0.15, 0.2) is 24.3 Å². The van der Waals surface area contributed by atoms with Gasteiger partial charge >= 0.3 is 5.97 Å². The Morgan fingerprint density at radius 2 is 0.618 bits per heavy atom. The molecule has 0 radical (unpaired) electrons. The van der Waals surface area contributed by atoms with E-state index in [4.69, 9.17) is 4.74 Å². The number of hydrogen-bond acceptors (Lipinski definition) is 5. The van der Waals surface area contributed by atoms with E-state index in [1.54, 1.807) is 0 Å².